The fraction of sp³-hybridized carbons (Fsp3) is 0.143. The van der Waals surface area contributed by atoms with Gasteiger partial charge < -0.3 is 15.2 Å². The van der Waals surface area contributed by atoms with Gasteiger partial charge in [-0.3, -0.25) is 4.79 Å². The highest BCUT2D eigenvalue weighted by Crippen LogP contribution is 2.31. The third-order valence-electron chi connectivity index (χ3n) is 3.02. The number of hydrogen-bond donors (Lipinski definition) is 2. The lowest BCUT2D eigenvalue weighted by molar-refractivity contribution is -0.122. The zero-order valence-corrected chi connectivity index (χ0v) is 11.1. The normalized spacial score (nSPS) is 16.4. The van der Waals surface area contributed by atoms with Crippen molar-refractivity contribution in [1.29, 1.82) is 0 Å². The van der Waals surface area contributed by atoms with Gasteiger partial charge >= 0.3 is 0 Å². The van der Waals surface area contributed by atoms with Crippen LogP contribution in [0.15, 0.2) is 36.5 Å². The molecule has 0 aliphatic carbocycles. The van der Waals surface area contributed by atoms with Gasteiger partial charge in [-0.05, 0) is 35.9 Å². The summed E-state index contributed by atoms with van der Waals surface area (Å²) in [5.74, 6) is 0.334. The Balaban J connectivity index is 1.73. The number of hydrogen-bond acceptors (Lipinski definition) is 4. The van der Waals surface area contributed by atoms with Crippen LogP contribution in [0.3, 0.4) is 0 Å². The van der Waals surface area contributed by atoms with Gasteiger partial charge in [0.15, 0.2) is 17.7 Å². The number of ether oxygens (including phenoxy) is 1. The molecule has 0 bridgehead atoms. The lowest BCUT2D eigenvalue weighted by Gasteiger charge is -2.11. The molecule has 1 aliphatic rings. The van der Waals surface area contributed by atoms with Crippen molar-refractivity contribution >= 4 is 23.3 Å². The average molecular weight is 291 g/mol. The molecule has 2 heterocycles. The van der Waals surface area contributed by atoms with E-state index in [1.807, 2.05) is 0 Å². The van der Waals surface area contributed by atoms with Crippen LogP contribution in [-0.4, -0.2) is 22.1 Å². The smallest absolute Gasteiger partial charge is 0.267 e. The number of pyridine rings is 1. The summed E-state index contributed by atoms with van der Waals surface area (Å²) < 4.78 is 5.56. The summed E-state index contributed by atoms with van der Waals surface area (Å²) in [6.45, 7) is 0. The van der Waals surface area contributed by atoms with Gasteiger partial charge in [-0.25, -0.2) is 4.98 Å². The van der Waals surface area contributed by atoms with E-state index in [9.17, 15) is 9.90 Å². The summed E-state index contributed by atoms with van der Waals surface area (Å²) in [6, 6.07) is 8.26. The van der Waals surface area contributed by atoms with Gasteiger partial charge in [0.1, 0.15) is 5.75 Å². The number of rotatable bonds is 2. The molecule has 5 nitrogen and oxygen atoms in total. The summed E-state index contributed by atoms with van der Waals surface area (Å²) in [6.07, 6.45) is 1.28. The van der Waals surface area contributed by atoms with Crippen LogP contribution in [0.25, 0.3) is 0 Å². The van der Waals surface area contributed by atoms with E-state index in [2.05, 4.69) is 10.3 Å². The van der Waals surface area contributed by atoms with Crippen LogP contribution in [0, 0.1) is 0 Å². The topological polar surface area (TPSA) is 71.5 Å². The average Bonchev–Trinajstić information content (AvgIpc) is 2.84. The zero-order valence-electron chi connectivity index (χ0n) is 10.3. The number of amides is 1. The van der Waals surface area contributed by atoms with Crippen LogP contribution in [0.4, 0.5) is 5.82 Å². The number of anilines is 1. The zero-order chi connectivity index (χ0) is 14.1. The van der Waals surface area contributed by atoms with Gasteiger partial charge in [0.25, 0.3) is 5.91 Å². The molecule has 102 valence electrons. The van der Waals surface area contributed by atoms with Gasteiger partial charge in [0, 0.05) is 17.6 Å². The Morgan fingerprint density at radius 2 is 2.30 bits per heavy atom. The maximum absolute atomic E-state index is 12.1. The van der Waals surface area contributed by atoms with Crippen molar-refractivity contribution in [3.05, 3.63) is 47.1 Å². The van der Waals surface area contributed by atoms with Crippen molar-refractivity contribution in [2.45, 2.75) is 12.5 Å². The minimum Gasteiger partial charge on any atom is -0.504 e. The third kappa shape index (κ3) is 2.40. The van der Waals surface area contributed by atoms with E-state index in [0.29, 0.717) is 17.2 Å². The summed E-state index contributed by atoms with van der Waals surface area (Å²) in [4.78, 5) is 16.0. The Hall–Kier alpha value is -2.27. The summed E-state index contributed by atoms with van der Waals surface area (Å²) >= 11 is 5.90. The largest absolute Gasteiger partial charge is 0.504 e. The quantitative estimate of drug-likeness (QED) is 0.891. The minimum atomic E-state index is -0.648. The van der Waals surface area contributed by atoms with Gasteiger partial charge in [0.2, 0.25) is 0 Å². The van der Waals surface area contributed by atoms with Gasteiger partial charge in [-0.1, -0.05) is 11.6 Å². The van der Waals surface area contributed by atoms with E-state index in [1.54, 1.807) is 24.3 Å². The molecule has 3 rings (SSSR count). The number of fused-ring (bicyclic) bond motifs is 1. The first-order chi connectivity index (χ1) is 9.63. The molecule has 0 fully saturated rings. The Kier molecular flexibility index (Phi) is 3.20. The molecular weight excluding hydrogens is 280 g/mol. The van der Waals surface area contributed by atoms with Crippen molar-refractivity contribution in [3.63, 3.8) is 0 Å². The van der Waals surface area contributed by atoms with Crippen molar-refractivity contribution in [1.82, 2.24) is 4.98 Å². The van der Waals surface area contributed by atoms with Crippen molar-refractivity contribution in [2.75, 3.05) is 5.32 Å². The molecule has 20 heavy (non-hydrogen) atoms. The van der Waals surface area contributed by atoms with Crippen molar-refractivity contribution in [3.8, 4) is 11.5 Å². The second kappa shape index (κ2) is 5.02. The minimum absolute atomic E-state index is 0.0839. The molecule has 1 atom stereocenters. The number of nitrogens with one attached hydrogen (secondary N) is 1. The molecule has 2 aromatic rings. The maximum Gasteiger partial charge on any atom is 0.267 e. The predicted molar refractivity (Wildman–Crippen MR) is 74.1 cm³/mol. The molecule has 0 saturated carbocycles. The number of aromatic hydroxyl groups is 1. The molecule has 0 radical (unpaired) electrons. The molecule has 1 aliphatic heterocycles. The third-order valence-corrected chi connectivity index (χ3v) is 3.25. The summed E-state index contributed by atoms with van der Waals surface area (Å²) in [5.41, 5.74) is 0.892. The van der Waals surface area contributed by atoms with E-state index in [4.69, 9.17) is 16.3 Å². The lowest BCUT2D eigenvalue weighted by Crippen LogP contribution is -2.31. The number of halogens is 1. The van der Waals surface area contributed by atoms with E-state index >= 15 is 0 Å². The first-order valence-electron chi connectivity index (χ1n) is 6.03. The Labute approximate surface area is 120 Å². The molecule has 1 aromatic heterocycles. The summed E-state index contributed by atoms with van der Waals surface area (Å²) in [7, 11) is 0. The summed E-state index contributed by atoms with van der Waals surface area (Å²) in [5, 5.41) is 12.7. The fourth-order valence-corrected chi connectivity index (χ4v) is 2.25. The van der Waals surface area contributed by atoms with Crippen LogP contribution in [0.1, 0.15) is 5.56 Å². The number of carbonyl (C=O) groups excluding carboxylic acids is 1. The Bertz CT molecular complexity index is 675. The van der Waals surface area contributed by atoms with Crippen molar-refractivity contribution in [2.24, 2.45) is 0 Å². The van der Waals surface area contributed by atoms with Gasteiger partial charge in [0.05, 0.1) is 0 Å². The molecule has 2 N–H and O–H groups in total. The van der Waals surface area contributed by atoms with Crippen molar-refractivity contribution < 1.29 is 14.6 Å². The number of aromatic nitrogens is 1. The van der Waals surface area contributed by atoms with Crippen LogP contribution >= 0.6 is 11.6 Å². The second-order valence-corrected chi connectivity index (χ2v) is 4.86. The SMILES string of the molecule is O=C(Nc1ncccc1O)[C@@H]1Cc2cc(Cl)ccc2O1. The van der Waals surface area contributed by atoms with Gasteiger partial charge in [-0.15, -0.1) is 0 Å². The number of carbonyl (C=O) groups is 1. The molecule has 1 amide bonds. The van der Waals surface area contributed by atoms with E-state index in [1.165, 1.54) is 12.3 Å². The molecule has 0 unspecified atom stereocenters. The Morgan fingerprint density at radius 3 is 3.10 bits per heavy atom. The maximum atomic E-state index is 12.1. The highest BCUT2D eigenvalue weighted by molar-refractivity contribution is 6.30. The van der Waals surface area contributed by atoms with E-state index in [-0.39, 0.29) is 17.5 Å². The lowest BCUT2D eigenvalue weighted by atomic mass is 10.1. The van der Waals surface area contributed by atoms with Crippen LogP contribution in [0.5, 0.6) is 11.5 Å². The standard InChI is InChI=1S/C14H11ClN2O3/c15-9-3-4-11-8(6-9)7-12(20-11)14(19)17-13-10(18)2-1-5-16-13/h1-6,12,18H,7H2,(H,16,17,19)/t12-/m0/s1. The highest BCUT2D eigenvalue weighted by Gasteiger charge is 2.29. The van der Waals surface area contributed by atoms with Gasteiger partial charge in [-0.2, -0.15) is 0 Å². The molecule has 1 aromatic carbocycles. The molecule has 6 heteroatoms. The molecule has 0 saturated heterocycles. The first-order valence-corrected chi connectivity index (χ1v) is 6.41. The number of nitrogens with zero attached hydrogens (tertiary/aromatic N) is 1. The second-order valence-electron chi connectivity index (χ2n) is 4.42. The fourth-order valence-electron chi connectivity index (χ4n) is 2.05. The number of benzene rings is 1. The van der Waals surface area contributed by atoms with E-state index in [0.717, 1.165) is 5.56 Å². The Morgan fingerprint density at radius 1 is 1.45 bits per heavy atom. The first kappa shape index (κ1) is 12.7. The van der Waals surface area contributed by atoms with Crippen LogP contribution in [0.2, 0.25) is 5.02 Å². The van der Waals surface area contributed by atoms with E-state index < -0.39 is 6.10 Å². The molecular formula is C14H11ClN2O3. The highest BCUT2D eigenvalue weighted by atomic mass is 35.5. The van der Waals surface area contributed by atoms with Crippen LogP contribution < -0.4 is 10.1 Å². The predicted octanol–water partition coefficient (Wildman–Crippen LogP) is 2.38. The van der Waals surface area contributed by atoms with Crippen LogP contribution in [-0.2, 0) is 11.2 Å². The molecule has 0 spiro atoms. The monoisotopic (exact) mass is 290 g/mol.